The molecule has 0 aromatic heterocycles. The lowest BCUT2D eigenvalue weighted by atomic mass is 9.97. The predicted molar refractivity (Wildman–Crippen MR) is 77.0 cm³/mol. The molecular formula is C14H29N3O2. The molecule has 5 nitrogen and oxygen atoms in total. The van der Waals surface area contributed by atoms with Gasteiger partial charge in [0, 0.05) is 32.3 Å². The van der Waals surface area contributed by atoms with Crippen molar-refractivity contribution in [2.24, 2.45) is 17.6 Å². The van der Waals surface area contributed by atoms with Gasteiger partial charge in [-0.1, -0.05) is 20.3 Å². The molecule has 0 bridgehead atoms. The van der Waals surface area contributed by atoms with Gasteiger partial charge in [-0.15, -0.1) is 0 Å². The summed E-state index contributed by atoms with van der Waals surface area (Å²) in [5, 5.41) is 5.73. The summed E-state index contributed by atoms with van der Waals surface area (Å²) in [7, 11) is 0. The first kappa shape index (κ1) is 16.2. The van der Waals surface area contributed by atoms with Crippen LogP contribution in [0.15, 0.2) is 0 Å². The maximum Gasteiger partial charge on any atom is 0.314 e. The van der Waals surface area contributed by atoms with E-state index in [0.717, 1.165) is 45.4 Å². The van der Waals surface area contributed by atoms with Crippen molar-refractivity contribution in [1.29, 1.82) is 0 Å². The van der Waals surface area contributed by atoms with Crippen molar-refractivity contribution in [3.05, 3.63) is 0 Å². The molecule has 2 atom stereocenters. The Bertz CT molecular complexity index is 255. The first-order chi connectivity index (χ1) is 9.13. The second-order valence-electron chi connectivity index (χ2n) is 5.53. The zero-order valence-corrected chi connectivity index (χ0v) is 12.3. The summed E-state index contributed by atoms with van der Waals surface area (Å²) in [6.45, 7) is 7.21. The molecule has 19 heavy (non-hydrogen) atoms. The van der Waals surface area contributed by atoms with Crippen LogP contribution in [-0.4, -0.2) is 38.4 Å². The van der Waals surface area contributed by atoms with Crippen molar-refractivity contribution < 1.29 is 9.53 Å². The van der Waals surface area contributed by atoms with Crippen LogP contribution < -0.4 is 16.4 Å². The molecule has 1 heterocycles. The first-order valence-corrected chi connectivity index (χ1v) is 7.48. The van der Waals surface area contributed by atoms with Gasteiger partial charge in [0.1, 0.15) is 0 Å². The van der Waals surface area contributed by atoms with Crippen molar-refractivity contribution in [3.63, 3.8) is 0 Å². The van der Waals surface area contributed by atoms with E-state index >= 15 is 0 Å². The Balaban J connectivity index is 2.04. The Labute approximate surface area is 116 Å². The molecule has 0 radical (unpaired) electrons. The molecule has 1 aliphatic heterocycles. The molecule has 0 saturated carbocycles. The van der Waals surface area contributed by atoms with Crippen LogP contribution in [0, 0.1) is 11.8 Å². The van der Waals surface area contributed by atoms with Crippen molar-refractivity contribution in [2.75, 3.05) is 26.3 Å². The Morgan fingerprint density at radius 3 is 2.68 bits per heavy atom. The highest BCUT2D eigenvalue weighted by molar-refractivity contribution is 5.73. The lowest BCUT2D eigenvalue weighted by molar-refractivity contribution is 0.0642. The second-order valence-corrected chi connectivity index (χ2v) is 5.53. The molecule has 0 spiro atoms. The number of carbonyl (C=O) groups excluding carboxylic acids is 1. The molecule has 5 heteroatoms. The van der Waals surface area contributed by atoms with E-state index in [2.05, 4.69) is 24.5 Å². The van der Waals surface area contributed by atoms with Crippen LogP contribution in [0.5, 0.6) is 0 Å². The molecule has 112 valence electrons. The number of ether oxygens (including phenoxy) is 1. The summed E-state index contributed by atoms with van der Waals surface area (Å²) in [4.78, 5) is 11.6. The van der Waals surface area contributed by atoms with Crippen molar-refractivity contribution >= 4 is 6.03 Å². The number of hydrogen-bond acceptors (Lipinski definition) is 3. The molecule has 4 N–H and O–H groups in total. The van der Waals surface area contributed by atoms with Gasteiger partial charge in [0.05, 0.1) is 0 Å². The second kappa shape index (κ2) is 9.15. The van der Waals surface area contributed by atoms with Crippen molar-refractivity contribution in [2.45, 2.75) is 45.6 Å². The number of rotatable bonds is 7. The van der Waals surface area contributed by atoms with E-state index in [1.807, 2.05) is 0 Å². The monoisotopic (exact) mass is 271 g/mol. The van der Waals surface area contributed by atoms with Crippen molar-refractivity contribution in [1.82, 2.24) is 10.6 Å². The van der Waals surface area contributed by atoms with Crippen LogP contribution in [0.4, 0.5) is 4.79 Å². The lowest BCUT2D eigenvalue weighted by Crippen LogP contribution is -2.45. The molecule has 1 saturated heterocycles. The summed E-state index contributed by atoms with van der Waals surface area (Å²) in [6.07, 6.45) is 4.30. The summed E-state index contributed by atoms with van der Waals surface area (Å²) in [6, 6.07) is -0.0722. The molecule has 1 unspecified atom stereocenters. The number of amides is 2. The summed E-state index contributed by atoms with van der Waals surface area (Å²) >= 11 is 0. The predicted octanol–water partition coefficient (Wildman–Crippen LogP) is 1.48. The summed E-state index contributed by atoms with van der Waals surface area (Å²) in [5.74, 6) is 1.12. The van der Waals surface area contributed by atoms with Gasteiger partial charge >= 0.3 is 6.03 Å². The van der Waals surface area contributed by atoms with E-state index in [-0.39, 0.29) is 12.1 Å². The summed E-state index contributed by atoms with van der Waals surface area (Å²) < 4.78 is 5.31. The SMILES string of the molecule is CCC(C)[C@H](N)CNC(=O)NCCC1CCOCC1. The minimum atomic E-state index is -0.106. The van der Waals surface area contributed by atoms with Crippen LogP contribution in [0.25, 0.3) is 0 Å². The topological polar surface area (TPSA) is 76.4 Å². The number of carbonyl (C=O) groups is 1. The fraction of sp³-hybridized carbons (Fsp3) is 0.929. The standard InChI is InChI=1S/C14H29N3O2/c1-3-11(2)13(15)10-17-14(18)16-7-4-12-5-8-19-9-6-12/h11-13H,3-10,15H2,1-2H3,(H2,16,17,18)/t11?,13-/m1/s1. The molecule has 1 rings (SSSR count). The Kier molecular flexibility index (Phi) is 7.82. The van der Waals surface area contributed by atoms with E-state index in [4.69, 9.17) is 10.5 Å². The normalized spacial score (nSPS) is 19.7. The molecule has 0 aromatic rings. The van der Waals surface area contributed by atoms with Gasteiger partial charge in [-0.2, -0.15) is 0 Å². The van der Waals surface area contributed by atoms with Crippen LogP contribution in [0.3, 0.4) is 0 Å². The van der Waals surface area contributed by atoms with E-state index in [1.54, 1.807) is 0 Å². The Morgan fingerprint density at radius 1 is 1.37 bits per heavy atom. The van der Waals surface area contributed by atoms with Gasteiger partial charge in [-0.25, -0.2) is 4.79 Å². The minimum absolute atomic E-state index is 0.0336. The van der Waals surface area contributed by atoms with Crippen LogP contribution in [0.2, 0.25) is 0 Å². The largest absolute Gasteiger partial charge is 0.381 e. The molecule has 2 amide bonds. The van der Waals surface area contributed by atoms with Crippen LogP contribution in [-0.2, 0) is 4.74 Å². The molecule has 1 aliphatic rings. The quantitative estimate of drug-likeness (QED) is 0.656. The zero-order chi connectivity index (χ0) is 14.1. The lowest BCUT2D eigenvalue weighted by Gasteiger charge is -2.22. The Hall–Kier alpha value is -0.810. The third-order valence-corrected chi connectivity index (χ3v) is 4.05. The molecule has 0 aromatic carbocycles. The fourth-order valence-electron chi connectivity index (χ4n) is 2.20. The van der Waals surface area contributed by atoms with Gasteiger partial charge in [0.15, 0.2) is 0 Å². The van der Waals surface area contributed by atoms with Gasteiger partial charge < -0.3 is 21.1 Å². The maximum atomic E-state index is 11.6. The number of hydrogen-bond donors (Lipinski definition) is 3. The third kappa shape index (κ3) is 6.78. The number of urea groups is 1. The van der Waals surface area contributed by atoms with Gasteiger partial charge in [0.2, 0.25) is 0 Å². The summed E-state index contributed by atoms with van der Waals surface area (Å²) in [5.41, 5.74) is 5.97. The smallest absolute Gasteiger partial charge is 0.314 e. The van der Waals surface area contributed by atoms with Gasteiger partial charge in [-0.3, -0.25) is 0 Å². The van der Waals surface area contributed by atoms with Gasteiger partial charge in [0.25, 0.3) is 0 Å². The fourth-order valence-corrected chi connectivity index (χ4v) is 2.20. The Morgan fingerprint density at radius 2 is 2.05 bits per heavy atom. The average Bonchev–Trinajstić information content (AvgIpc) is 2.45. The van der Waals surface area contributed by atoms with E-state index in [9.17, 15) is 4.79 Å². The van der Waals surface area contributed by atoms with E-state index in [1.165, 1.54) is 0 Å². The maximum absolute atomic E-state index is 11.6. The molecule has 1 fully saturated rings. The highest BCUT2D eigenvalue weighted by Crippen LogP contribution is 2.17. The number of nitrogens with two attached hydrogens (primary N) is 1. The number of nitrogens with one attached hydrogen (secondary N) is 2. The minimum Gasteiger partial charge on any atom is -0.381 e. The zero-order valence-electron chi connectivity index (χ0n) is 12.3. The third-order valence-electron chi connectivity index (χ3n) is 4.05. The first-order valence-electron chi connectivity index (χ1n) is 7.48. The van der Waals surface area contributed by atoms with Gasteiger partial charge in [-0.05, 0) is 31.1 Å². The molecular weight excluding hydrogens is 242 g/mol. The van der Waals surface area contributed by atoms with Crippen molar-refractivity contribution in [3.8, 4) is 0 Å². The average molecular weight is 271 g/mol. The molecule has 0 aliphatic carbocycles. The highest BCUT2D eigenvalue weighted by atomic mass is 16.5. The highest BCUT2D eigenvalue weighted by Gasteiger charge is 2.14. The van der Waals surface area contributed by atoms with Crippen LogP contribution >= 0.6 is 0 Å². The van der Waals surface area contributed by atoms with E-state index < -0.39 is 0 Å². The van der Waals surface area contributed by atoms with E-state index in [0.29, 0.717) is 18.4 Å². The van der Waals surface area contributed by atoms with Crippen LogP contribution in [0.1, 0.15) is 39.5 Å².